The van der Waals surface area contributed by atoms with Gasteiger partial charge < -0.3 is 39.4 Å². The molecule has 8 aromatic carbocycles. The standard InChI is InChI=1S/C56H40O12S4/c57-53(58)37-21-13-33(14-22-37)29-65-49-41-5-1-6-42(49)70-44-8-3-10-46(51(44)67-31-35-17-25-39(26-18-35)55(61)62)72-48-12-4-11-47(52(48)68-32-36-19-27-40(28-20-36)56(63)64)71-45-9-2-7-43(69-41)50(45)66-30-34-15-23-38(24-16-34)54(59)60/h1-28H,29-32H2,(H,57,58)(H,59,60)(H,61,62)(H,63,64). The molecule has 0 unspecified atom stereocenters. The zero-order valence-electron chi connectivity index (χ0n) is 37.7. The lowest BCUT2D eigenvalue weighted by Gasteiger charge is -2.22. The van der Waals surface area contributed by atoms with Crippen LogP contribution in [0.15, 0.2) is 209 Å². The van der Waals surface area contributed by atoms with Crippen LogP contribution in [0.2, 0.25) is 0 Å². The molecule has 0 fully saturated rings. The largest absolute Gasteiger partial charge is 0.487 e. The van der Waals surface area contributed by atoms with Crippen LogP contribution >= 0.6 is 47.0 Å². The molecule has 12 nitrogen and oxygen atoms in total. The molecule has 0 saturated carbocycles. The van der Waals surface area contributed by atoms with Crippen molar-refractivity contribution in [2.75, 3.05) is 0 Å². The number of rotatable bonds is 16. The summed E-state index contributed by atoms with van der Waals surface area (Å²) in [5.74, 6) is -1.91. The minimum Gasteiger partial charge on any atom is -0.487 e. The molecule has 4 N–H and O–H groups in total. The predicted molar refractivity (Wildman–Crippen MR) is 273 cm³/mol. The molecule has 9 rings (SSSR count). The minimum atomic E-state index is -1.03. The number of benzene rings is 8. The summed E-state index contributed by atoms with van der Waals surface area (Å²) in [7, 11) is 0. The van der Waals surface area contributed by atoms with Crippen molar-refractivity contribution < 1.29 is 58.6 Å². The van der Waals surface area contributed by atoms with Gasteiger partial charge in [0.1, 0.15) is 49.4 Å². The number of carboxylic acids is 4. The molecule has 72 heavy (non-hydrogen) atoms. The summed E-state index contributed by atoms with van der Waals surface area (Å²) in [6.45, 7) is 0.458. The average Bonchev–Trinajstić information content (AvgIpc) is 3.38. The van der Waals surface area contributed by atoms with Gasteiger partial charge in [0.2, 0.25) is 0 Å². The molecule has 0 atom stereocenters. The average molecular weight is 1030 g/mol. The van der Waals surface area contributed by atoms with Crippen molar-refractivity contribution in [1.29, 1.82) is 0 Å². The summed E-state index contributed by atoms with van der Waals surface area (Å²) < 4.78 is 27.0. The molecular formula is C56H40O12S4. The monoisotopic (exact) mass is 1030 g/mol. The van der Waals surface area contributed by atoms with Gasteiger partial charge in [0.25, 0.3) is 0 Å². The van der Waals surface area contributed by atoms with E-state index in [2.05, 4.69) is 0 Å². The lowest BCUT2D eigenvalue weighted by molar-refractivity contribution is 0.0686. The van der Waals surface area contributed by atoms with E-state index in [0.29, 0.717) is 23.0 Å². The zero-order valence-corrected chi connectivity index (χ0v) is 40.9. The normalized spacial score (nSPS) is 11.8. The Bertz CT molecular complexity index is 2780. The fraction of sp³-hybridized carbons (Fsp3) is 0.0714. The van der Waals surface area contributed by atoms with Gasteiger partial charge in [0, 0.05) is 0 Å². The van der Waals surface area contributed by atoms with Gasteiger partial charge in [-0.1, -0.05) is 120 Å². The molecule has 1 heterocycles. The molecule has 0 saturated heterocycles. The number of fused-ring (bicyclic) bond motifs is 8. The number of hydrogen-bond acceptors (Lipinski definition) is 12. The Morgan fingerprint density at radius 1 is 0.278 bits per heavy atom. The first-order valence-electron chi connectivity index (χ1n) is 22.0. The Morgan fingerprint density at radius 3 is 0.597 bits per heavy atom. The van der Waals surface area contributed by atoms with Gasteiger partial charge in [-0.15, -0.1) is 0 Å². The first-order valence-corrected chi connectivity index (χ1v) is 25.3. The molecule has 16 heteroatoms. The van der Waals surface area contributed by atoms with E-state index in [1.165, 1.54) is 95.6 Å². The highest BCUT2D eigenvalue weighted by Gasteiger charge is 2.24. The third kappa shape index (κ3) is 11.9. The van der Waals surface area contributed by atoms with Gasteiger partial charge in [-0.05, 0) is 119 Å². The van der Waals surface area contributed by atoms with E-state index >= 15 is 0 Å². The van der Waals surface area contributed by atoms with Crippen LogP contribution in [0, 0.1) is 0 Å². The molecule has 0 amide bonds. The molecule has 0 aromatic heterocycles. The first kappa shape index (κ1) is 49.2. The van der Waals surface area contributed by atoms with Crippen LogP contribution < -0.4 is 18.9 Å². The van der Waals surface area contributed by atoms with Crippen molar-refractivity contribution >= 4 is 70.9 Å². The summed E-state index contributed by atoms with van der Waals surface area (Å²) in [5, 5.41) is 38.2. The quantitative estimate of drug-likeness (QED) is 0.0715. The Morgan fingerprint density at radius 2 is 0.444 bits per heavy atom. The number of carboxylic acid groups (broad SMARTS) is 4. The second kappa shape index (κ2) is 22.5. The summed E-state index contributed by atoms with van der Waals surface area (Å²) >= 11 is 5.74. The molecule has 0 aliphatic carbocycles. The van der Waals surface area contributed by atoms with Crippen molar-refractivity contribution in [1.82, 2.24) is 0 Å². The van der Waals surface area contributed by atoms with Crippen molar-refractivity contribution in [2.24, 2.45) is 0 Å². The third-order valence-electron chi connectivity index (χ3n) is 11.0. The summed E-state index contributed by atoms with van der Waals surface area (Å²) in [6.07, 6.45) is 0. The van der Waals surface area contributed by atoms with Crippen LogP contribution in [-0.4, -0.2) is 44.3 Å². The summed E-state index contributed by atoms with van der Waals surface area (Å²) in [5.41, 5.74) is 3.63. The molecule has 1 aliphatic heterocycles. The smallest absolute Gasteiger partial charge is 0.335 e. The van der Waals surface area contributed by atoms with E-state index in [4.69, 9.17) is 18.9 Å². The van der Waals surface area contributed by atoms with Crippen molar-refractivity contribution in [2.45, 2.75) is 65.6 Å². The molecule has 8 aromatic rings. The van der Waals surface area contributed by atoms with Crippen LogP contribution in [0.3, 0.4) is 0 Å². The van der Waals surface area contributed by atoms with Crippen LogP contribution in [-0.2, 0) is 26.4 Å². The highest BCUT2D eigenvalue weighted by molar-refractivity contribution is 8.01. The maximum Gasteiger partial charge on any atom is 0.335 e. The second-order valence-corrected chi connectivity index (χ2v) is 20.2. The lowest BCUT2D eigenvalue weighted by atomic mass is 10.1. The molecule has 8 bridgehead atoms. The van der Waals surface area contributed by atoms with Crippen LogP contribution in [0.5, 0.6) is 23.0 Å². The van der Waals surface area contributed by atoms with E-state index in [1.807, 2.05) is 72.8 Å². The Labute approximate surface area is 430 Å². The van der Waals surface area contributed by atoms with Crippen LogP contribution in [0.4, 0.5) is 0 Å². The van der Waals surface area contributed by atoms with Gasteiger partial charge in [-0.3, -0.25) is 0 Å². The van der Waals surface area contributed by atoms with E-state index in [0.717, 1.165) is 61.4 Å². The second-order valence-electron chi connectivity index (χ2n) is 15.9. The predicted octanol–water partition coefficient (Wildman–Crippen LogP) is 13.7. The third-order valence-corrected chi connectivity index (χ3v) is 15.3. The molecule has 1 aliphatic rings. The van der Waals surface area contributed by atoms with Crippen LogP contribution in [0.25, 0.3) is 0 Å². The zero-order chi connectivity index (χ0) is 50.1. The summed E-state index contributed by atoms with van der Waals surface area (Å²) in [4.78, 5) is 52.7. The van der Waals surface area contributed by atoms with Crippen molar-refractivity contribution in [3.63, 3.8) is 0 Å². The van der Waals surface area contributed by atoms with Gasteiger partial charge in [0.05, 0.1) is 61.4 Å². The van der Waals surface area contributed by atoms with E-state index in [1.54, 1.807) is 48.5 Å². The first-order chi connectivity index (χ1) is 34.9. The number of para-hydroxylation sites is 4. The van der Waals surface area contributed by atoms with Gasteiger partial charge in [0.15, 0.2) is 0 Å². The van der Waals surface area contributed by atoms with E-state index in [-0.39, 0.29) is 48.7 Å². The van der Waals surface area contributed by atoms with Crippen molar-refractivity contribution in [3.8, 4) is 23.0 Å². The van der Waals surface area contributed by atoms with E-state index in [9.17, 15) is 39.6 Å². The number of ether oxygens (including phenoxy) is 4. The fourth-order valence-electron chi connectivity index (χ4n) is 7.26. The van der Waals surface area contributed by atoms with Gasteiger partial charge in [-0.25, -0.2) is 19.2 Å². The van der Waals surface area contributed by atoms with Gasteiger partial charge in [-0.2, -0.15) is 0 Å². The Hall–Kier alpha value is -7.76. The molecule has 360 valence electrons. The highest BCUT2D eigenvalue weighted by atomic mass is 32.2. The lowest BCUT2D eigenvalue weighted by Crippen LogP contribution is -2.03. The van der Waals surface area contributed by atoms with E-state index < -0.39 is 23.9 Å². The highest BCUT2D eigenvalue weighted by Crippen LogP contribution is 2.54. The number of hydrogen-bond donors (Lipinski definition) is 4. The maximum atomic E-state index is 11.7. The Balaban J connectivity index is 1.17. The SMILES string of the molecule is O=C(O)c1ccc(COc2c3cccc2Sc2cccc(c2OCc2ccc(C(=O)O)cc2)Sc2cccc(c2OCc2ccc(C(=O)O)cc2)Sc2cccc(c2OCc2ccc(C(=O)O)cc2)S3)cc1. The van der Waals surface area contributed by atoms with Gasteiger partial charge >= 0.3 is 23.9 Å². The Kier molecular flexibility index (Phi) is 15.4. The molecule has 0 radical (unpaired) electrons. The van der Waals surface area contributed by atoms with Crippen molar-refractivity contribution in [3.05, 3.63) is 214 Å². The fourth-order valence-corrected chi connectivity index (χ4v) is 11.7. The number of aromatic carboxylic acids is 4. The maximum absolute atomic E-state index is 11.7. The molecule has 0 spiro atoms. The number of carbonyl (C=O) groups is 4. The minimum absolute atomic E-state index is 0.114. The van der Waals surface area contributed by atoms with Crippen LogP contribution in [0.1, 0.15) is 63.7 Å². The summed E-state index contributed by atoms with van der Waals surface area (Å²) in [6, 6.07) is 49.5. The topological polar surface area (TPSA) is 186 Å². The molecular weight excluding hydrogens is 993 g/mol.